The molecule has 0 aliphatic heterocycles. The van der Waals surface area contributed by atoms with Gasteiger partial charge in [-0.1, -0.05) is 30.3 Å². The number of nitrogens with two attached hydrogens (primary N) is 1. The fourth-order valence-corrected chi connectivity index (χ4v) is 6.28. The second kappa shape index (κ2) is 21.1. The van der Waals surface area contributed by atoms with Gasteiger partial charge < -0.3 is 36.3 Å². The highest BCUT2D eigenvalue weighted by atomic mass is 35.5. The van der Waals surface area contributed by atoms with Crippen molar-refractivity contribution in [3.8, 4) is 22.5 Å². The Kier molecular flexibility index (Phi) is 16.3. The topological polar surface area (TPSA) is 206 Å². The summed E-state index contributed by atoms with van der Waals surface area (Å²) in [5, 5.41) is 31.5. The summed E-state index contributed by atoms with van der Waals surface area (Å²) < 4.78 is 10.6. The van der Waals surface area contributed by atoms with Crippen molar-refractivity contribution >= 4 is 35.8 Å². The molecule has 14 nitrogen and oxygen atoms in total. The van der Waals surface area contributed by atoms with Crippen molar-refractivity contribution in [1.29, 1.82) is 0 Å². The molecule has 0 saturated heterocycles. The van der Waals surface area contributed by atoms with Gasteiger partial charge in [0.15, 0.2) is 5.82 Å². The third-order valence-electron chi connectivity index (χ3n) is 9.27. The molecular weight excluding hydrogens is 700 g/mol. The van der Waals surface area contributed by atoms with Gasteiger partial charge in [0.25, 0.3) is 5.91 Å². The van der Waals surface area contributed by atoms with Crippen LogP contribution in [0.2, 0.25) is 0 Å². The van der Waals surface area contributed by atoms with Crippen molar-refractivity contribution in [2.75, 3.05) is 51.4 Å². The predicted octanol–water partition coefficient (Wildman–Crippen LogP) is 3.45. The molecule has 53 heavy (non-hydrogen) atoms. The number of carbonyl (C=O) groups is 3. The molecule has 1 heterocycles. The van der Waals surface area contributed by atoms with E-state index in [0.29, 0.717) is 55.9 Å². The maximum Gasteiger partial charge on any atom is 0.251 e. The summed E-state index contributed by atoms with van der Waals surface area (Å²) in [5.41, 5.74) is 11.4. The van der Waals surface area contributed by atoms with Crippen LogP contribution >= 0.6 is 12.4 Å². The molecule has 1 fully saturated rings. The molecule has 0 spiro atoms. The Bertz CT molecular complexity index is 1750. The van der Waals surface area contributed by atoms with Crippen LogP contribution in [0.25, 0.3) is 22.5 Å². The average molecular weight is 749 g/mol. The van der Waals surface area contributed by atoms with Gasteiger partial charge in [0.05, 0.1) is 33.0 Å². The lowest BCUT2D eigenvalue weighted by Gasteiger charge is -2.28. The molecule has 0 unspecified atom stereocenters. The van der Waals surface area contributed by atoms with Crippen molar-refractivity contribution in [2.24, 2.45) is 17.6 Å². The molecule has 0 radical (unpaired) electrons. The van der Waals surface area contributed by atoms with E-state index in [4.69, 9.17) is 20.3 Å². The zero-order valence-corrected chi connectivity index (χ0v) is 30.7. The Morgan fingerprint density at radius 3 is 2.40 bits per heavy atom. The highest BCUT2D eigenvalue weighted by Crippen LogP contribution is 2.29. The van der Waals surface area contributed by atoms with Crippen molar-refractivity contribution in [2.45, 2.75) is 45.1 Å². The lowest BCUT2D eigenvalue weighted by molar-refractivity contribution is -0.130. The Hall–Kier alpha value is -4.73. The number of ether oxygens (including phenoxy) is 2. The molecule has 15 heteroatoms. The Morgan fingerprint density at radius 2 is 1.70 bits per heavy atom. The number of hydrogen-bond acceptors (Lipinski definition) is 10. The predicted molar refractivity (Wildman–Crippen MR) is 203 cm³/mol. The van der Waals surface area contributed by atoms with Crippen molar-refractivity contribution in [3.63, 3.8) is 0 Å². The Balaban J connectivity index is 0.00000627. The van der Waals surface area contributed by atoms with Gasteiger partial charge in [-0.3, -0.25) is 14.4 Å². The number of halogens is 1. The number of carbonyl (C=O) groups excluding carboxylic acids is 3. The van der Waals surface area contributed by atoms with Crippen molar-refractivity contribution in [3.05, 3.63) is 83.4 Å². The second-order valence-corrected chi connectivity index (χ2v) is 13.0. The monoisotopic (exact) mass is 748 g/mol. The van der Waals surface area contributed by atoms with E-state index >= 15 is 0 Å². The molecular formula is C38H49ClN8O6. The zero-order chi connectivity index (χ0) is 36.7. The van der Waals surface area contributed by atoms with Gasteiger partial charge in [-0.25, -0.2) is 5.10 Å². The molecule has 284 valence electrons. The van der Waals surface area contributed by atoms with Crippen LogP contribution in [0.1, 0.15) is 47.2 Å². The molecule has 0 bridgehead atoms. The van der Waals surface area contributed by atoms with E-state index in [1.807, 2.05) is 43.3 Å². The summed E-state index contributed by atoms with van der Waals surface area (Å²) in [4.78, 5) is 40.3. The first-order valence-corrected chi connectivity index (χ1v) is 17.7. The van der Waals surface area contributed by atoms with Gasteiger partial charge in [0, 0.05) is 35.7 Å². The molecule has 1 aromatic heterocycles. The van der Waals surface area contributed by atoms with Gasteiger partial charge >= 0.3 is 0 Å². The number of aliphatic hydroxyl groups excluding tert-OH is 1. The maximum absolute atomic E-state index is 13.8. The first-order chi connectivity index (χ1) is 25.3. The number of anilines is 1. The van der Waals surface area contributed by atoms with Gasteiger partial charge in [-0.15, -0.1) is 17.5 Å². The van der Waals surface area contributed by atoms with Gasteiger partial charge in [-0.05, 0) is 114 Å². The van der Waals surface area contributed by atoms with Crippen LogP contribution in [0.4, 0.5) is 5.69 Å². The summed E-state index contributed by atoms with van der Waals surface area (Å²) in [6.07, 6.45) is 3.53. The van der Waals surface area contributed by atoms with Crippen LogP contribution in [0, 0.1) is 18.8 Å². The van der Waals surface area contributed by atoms with Crippen LogP contribution in [0.3, 0.4) is 0 Å². The van der Waals surface area contributed by atoms with E-state index in [-0.39, 0.29) is 55.7 Å². The molecule has 4 aromatic rings. The van der Waals surface area contributed by atoms with Crippen LogP contribution in [-0.4, -0.2) is 95.6 Å². The fourth-order valence-electron chi connectivity index (χ4n) is 6.28. The van der Waals surface area contributed by atoms with Gasteiger partial charge in [-0.2, -0.15) is 0 Å². The second-order valence-electron chi connectivity index (χ2n) is 13.0. The van der Waals surface area contributed by atoms with E-state index in [1.165, 1.54) is 0 Å². The zero-order valence-electron chi connectivity index (χ0n) is 29.9. The summed E-state index contributed by atoms with van der Waals surface area (Å²) in [5.74, 6) is 0.0818. The number of aromatic nitrogens is 4. The van der Waals surface area contributed by atoms with Gasteiger partial charge in [0.1, 0.15) is 6.04 Å². The summed E-state index contributed by atoms with van der Waals surface area (Å²) in [6, 6.07) is 19.6. The molecule has 1 atom stereocenters. The van der Waals surface area contributed by atoms with E-state index in [1.54, 1.807) is 30.3 Å². The Morgan fingerprint density at radius 1 is 0.943 bits per heavy atom. The van der Waals surface area contributed by atoms with E-state index in [9.17, 15) is 14.4 Å². The number of tetrazole rings is 1. The third-order valence-corrected chi connectivity index (χ3v) is 9.27. The number of aromatic amines is 1. The minimum absolute atomic E-state index is 0. The molecule has 3 aromatic carbocycles. The molecule has 7 N–H and O–H groups in total. The largest absolute Gasteiger partial charge is 0.394 e. The van der Waals surface area contributed by atoms with E-state index in [0.717, 1.165) is 53.5 Å². The number of H-pyrrole nitrogens is 1. The van der Waals surface area contributed by atoms with Crippen LogP contribution in [0.15, 0.2) is 66.7 Å². The first kappa shape index (κ1) is 41.0. The Labute approximate surface area is 315 Å². The normalized spacial score (nSPS) is 15.9. The smallest absolute Gasteiger partial charge is 0.251 e. The number of nitrogens with one attached hydrogen (secondary N) is 4. The van der Waals surface area contributed by atoms with E-state index < -0.39 is 6.04 Å². The molecule has 1 aliphatic carbocycles. The summed E-state index contributed by atoms with van der Waals surface area (Å²) in [6.45, 7) is 4.27. The van der Waals surface area contributed by atoms with Gasteiger partial charge in [0.2, 0.25) is 11.8 Å². The van der Waals surface area contributed by atoms with E-state index in [2.05, 4.69) is 36.6 Å². The SMILES string of the molecule is Cc1ccc(C[C@H](NC(=O)[C@H]2CC[C@H](CN)CC2)C(=O)Nc2ccc(-c3nnn[nH]3)cc2)cc1-c1cccc(C(=O)NCCOCCOCCO)c1.Cl. The summed E-state index contributed by atoms with van der Waals surface area (Å²) in [7, 11) is 0. The van der Waals surface area contributed by atoms with Crippen LogP contribution in [0.5, 0.6) is 0 Å². The number of aryl methyl sites for hydroxylation is 1. The molecule has 3 amide bonds. The fraction of sp³-hybridized carbons (Fsp3) is 0.421. The number of aliphatic hydroxyl groups is 1. The lowest BCUT2D eigenvalue weighted by Crippen LogP contribution is -2.48. The molecule has 5 rings (SSSR count). The number of hydrogen-bond donors (Lipinski definition) is 6. The standard InChI is InChI=1S/C38H48N8O6.ClH/c1-25-5-6-27(21-33(25)30-3-2-4-31(23-30)36(48)40-15-17-51-19-20-52-18-16-47)22-34(42-37(49)29-9-7-26(24-39)8-10-29)38(50)41-32-13-11-28(12-14-32)35-43-45-46-44-35;/h2-6,11-14,21,23,26,29,34,47H,7-10,15-20,22,24,39H2,1H3,(H,40,48)(H,41,50)(H,42,49)(H,43,44,45,46);1H/t26-,29-,34-;/m0./s1. The van der Waals surface area contributed by atoms with Crippen molar-refractivity contribution in [1.82, 2.24) is 31.3 Å². The number of amides is 3. The molecule has 1 aliphatic rings. The number of nitrogens with zero attached hydrogens (tertiary/aromatic N) is 3. The van der Waals surface area contributed by atoms with Crippen molar-refractivity contribution < 1.29 is 29.0 Å². The lowest BCUT2D eigenvalue weighted by atomic mass is 9.81. The average Bonchev–Trinajstić information content (AvgIpc) is 3.72. The minimum Gasteiger partial charge on any atom is -0.394 e. The van der Waals surface area contributed by atoms with Crippen LogP contribution in [-0.2, 0) is 25.5 Å². The quantitative estimate of drug-likeness (QED) is 0.0818. The van der Waals surface area contributed by atoms with Crippen LogP contribution < -0.4 is 21.7 Å². The highest BCUT2D eigenvalue weighted by molar-refractivity contribution is 5.98. The minimum atomic E-state index is -0.839. The highest BCUT2D eigenvalue weighted by Gasteiger charge is 2.29. The number of rotatable bonds is 18. The number of benzene rings is 3. The third kappa shape index (κ3) is 12.2. The maximum atomic E-state index is 13.8. The molecule has 1 saturated carbocycles. The summed E-state index contributed by atoms with van der Waals surface area (Å²) >= 11 is 0. The first-order valence-electron chi connectivity index (χ1n) is 17.7.